The van der Waals surface area contributed by atoms with Crippen molar-refractivity contribution in [3.63, 3.8) is 0 Å². The van der Waals surface area contributed by atoms with Gasteiger partial charge in [-0.3, -0.25) is 0 Å². The van der Waals surface area contributed by atoms with Crippen molar-refractivity contribution < 1.29 is 15.0 Å². The number of rotatable bonds is 4. The van der Waals surface area contributed by atoms with Crippen LogP contribution in [-0.2, 0) is 9.88 Å². The fourth-order valence-electron chi connectivity index (χ4n) is 0.164. The Morgan fingerprint density at radius 3 is 2.75 bits per heavy atom. The van der Waals surface area contributed by atoms with Crippen molar-refractivity contribution in [2.75, 3.05) is 6.61 Å². The third-order valence-corrected chi connectivity index (χ3v) is 0.401. The van der Waals surface area contributed by atoms with Gasteiger partial charge in [0, 0.05) is 0 Å². The Labute approximate surface area is 46.2 Å². The molecule has 0 bridgehead atoms. The predicted molar refractivity (Wildman–Crippen MR) is 24.3 cm³/mol. The van der Waals surface area contributed by atoms with E-state index in [-0.39, 0.29) is 6.61 Å². The molecular formula is C3H7NO4. The van der Waals surface area contributed by atoms with Crippen molar-refractivity contribution in [1.82, 2.24) is 0 Å². The van der Waals surface area contributed by atoms with Crippen LogP contribution in [0.25, 0.3) is 0 Å². The summed E-state index contributed by atoms with van der Waals surface area (Å²) in [7, 11) is 0. The molecule has 0 fully saturated rings. The summed E-state index contributed by atoms with van der Waals surface area (Å²) in [5.74, 6) is 0. The van der Waals surface area contributed by atoms with E-state index in [1.165, 1.54) is 0 Å². The maximum Gasteiger partial charge on any atom is 0.322 e. The molecule has 0 saturated heterocycles. The highest BCUT2D eigenvalue weighted by molar-refractivity contribution is 4.13. The molecule has 0 spiro atoms. The molecule has 0 aromatic rings. The second-order valence-electron chi connectivity index (χ2n) is 1.12. The molecule has 0 aliphatic carbocycles. The lowest BCUT2D eigenvalue weighted by atomic mass is 10.5. The van der Waals surface area contributed by atoms with Gasteiger partial charge in [-0.05, 0) is 6.42 Å². The van der Waals surface area contributed by atoms with E-state index in [4.69, 9.17) is 0 Å². The first kappa shape index (κ1) is 7.16. The lowest BCUT2D eigenvalue weighted by Gasteiger charge is -1.92. The predicted octanol–water partition coefficient (Wildman–Crippen LogP) is 0.536. The van der Waals surface area contributed by atoms with Gasteiger partial charge in [0.15, 0.2) is 0 Å². The van der Waals surface area contributed by atoms with Gasteiger partial charge in [-0.25, -0.2) is 0 Å². The van der Waals surface area contributed by atoms with Crippen LogP contribution in [0.15, 0.2) is 0 Å². The zero-order valence-corrected chi connectivity index (χ0v) is 4.49. The minimum atomic E-state index is -0.990. The average Bonchev–Trinajstić information content (AvgIpc) is 1.66. The van der Waals surface area contributed by atoms with Crippen molar-refractivity contribution in [2.24, 2.45) is 0 Å². The molecule has 0 aliphatic heterocycles. The molecule has 48 valence electrons. The standard InChI is InChI=1S/C3H7NO4/c1-2-3-7-8-4(5)6/h2-3H2,1H3. The molecule has 0 saturated carbocycles. The van der Waals surface area contributed by atoms with Crippen molar-refractivity contribution >= 4 is 0 Å². The van der Waals surface area contributed by atoms with Gasteiger partial charge in [-0.1, -0.05) is 6.92 Å². The van der Waals surface area contributed by atoms with Crippen LogP contribution in [0.4, 0.5) is 0 Å². The Morgan fingerprint density at radius 1 is 1.75 bits per heavy atom. The summed E-state index contributed by atoms with van der Waals surface area (Å²) in [6.45, 7) is 2.07. The maximum atomic E-state index is 9.33. The van der Waals surface area contributed by atoms with E-state index in [1.807, 2.05) is 6.92 Å². The van der Waals surface area contributed by atoms with E-state index in [0.717, 1.165) is 0 Å². The van der Waals surface area contributed by atoms with E-state index >= 15 is 0 Å². The summed E-state index contributed by atoms with van der Waals surface area (Å²) >= 11 is 0. The first-order valence-corrected chi connectivity index (χ1v) is 2.21. The van der Waals surface area contributed by atoms with Crippen LogP contribution in [0, 0.1) is 10.1 Å². The molecule has 0 rings (SSSR count). The van der Waals surface area contributed by atoms with Crippen LogP contribution in [-0.4, -0.2) is 11.7 Å². The average molecular weight is 121 g/mol. The molecule has 0 aromatic heterocycles. The van der Waals surface area contributed by atoms with Crippen LogP contribution in [0.1, 0.15) is 13.3 Å². The molecule has 0 amide bonds. The SMILES string of the molecule is CCCOO[N+](=O)[O-]. The van der Waals surface area contributed by atoms with Gasteiger partial charge in [-0.15, -0.1) is 15.1 Å². The fraction of sp³-hybridized carbons (Fsp3) is 1.00. The van der Waals surface area contributed by atoms with E-state index in [0.29, 0.717) is 6.42 Å². The largest absolute Gasteiger partial charge is 0.322 e. The third kappa shape index (κ3) is 5.16. The lowest BCUT2D eigenvalue weighted by molar-refractivity contribution is -0.850. The highest BCUT2D eigenvalue weighted by Gasteiger charge is 1.90. The number of hydrogen-bond donors (Lipinski definition) is 0. The van der Waals surface area contributed by atoms with Gasteiger partial charge in [0.25, 0.3) is 0 Å². The van der Waals surface area contributed by atoms with Crippen molar-refractivity contribution in [3.05, 3.63) is 10.1 Å². The van der Waals surface area contributed by atoms with Crippen molar-refractivity contribution in [3.8, 4) is 0 Å². The van der Waals surface area contributed by atoms with Crippen LogP contribution < -0.4 is 0 Å². The Kier molecular flexibility index (Phi) is 3.87. The normalized spacial score (nSPS) is 8.62. The third-order valence-electron chi connectivity index (χ3n) is 0.401. The quantitative estimate of drug-likeness (QED) is 0.235. The first-order chi connectivity index (χ1) is 3.77. The van der Waals surface area contributed by atoms with Gasteiger partial charge in [0.2, 0.25) is 0 Å². The summed E-state index contributed by atoms with van der Waals surface area (Å²) in [5, 5.41) is 8.34. The number of hydrogen-bond acceptors (Lipinski definition) is 4. The molecule has 0 radical (unpaired) electrons. The van der Waals surface area contributed by atoms with Gasteiger partial charge in [-0.2, -0.15) is 4.89 Å². The lowest BCUT2D eigenvalue weighted by Crippen LogP contribution is -2.01. The van der Waals surface area contributed by atoms with Crippen LogP contribution in [0.5, 0.6) is 0 Å². The minimum Gasteiger partial charge on any atom is -0.199 e. The Hall–Kier alpha value is -0.840. The summed E-state index contributed by atoms with van der Waals surface area (Å²) in [6.07, 6.45) is 0.702. The zero-order valence-electron chi connectivity index (χ0n) is 4.49. The molecular weight excluding hydrogens is 114 g/mol. The van der Waals surface area contributed by atoms with Gasteiger partial charge >= 0.3 is 5.09 Å². The molecule has 8 heavy (non-hydrogen) atoms. The molecule has 0 unspecified atom stereocenters. The summed E-state index contributed by atoms with van der Waals surface area (Å²) < 4.78 is 0. The molecule has 0 N–H and O–H groups in total. The first-order valence-electron chi connectivity index (χ1n) is 2.21. The number of nitrogens with zero attached hydrogens (tertiary/aromatic N) is 1. The highest BCUT2D eigenvalue weighted by atomic mass is 17.3. The van der Waals surface area contributed by atoms with Gasteiger partial charge in [0.05, 0.1) is 6.61 Å². The van der Waals surface area contributed by atoms with E-state index in [9.17, 15) is 10.1 Å². The molecule has 5 nitrogen and oxygen atoms in total. The van der Waals surface area contributed by atoms with E-state index in [2.05, 4.69) is 9.88 Å². The summed E-state index contributed by atoms with van der Waals surface area (Å²) in [6, 6.07) is 0. The Morgan fingerprint density at radius 2 is 2.38 bits per heavy atom. The molecule has 0 atom stereocenters. The smallest absolute Gasteiger partial charge is 0.199 e. The van der Waals surface area contributed by atoms with Gasteiger partial charge in [0.1, 0.15) is 0 Å². The summed E-state index contributed by atoms with van der Waals surface area (Å²) in [4.78, 5) is 16.9. The van der Waals surface area contributed by atoms with Crippen LogP contribution in [0.2, 0.25) is 0 Å². The molecule has 0 heterocycles. The topological polar surface area (TPSA) is 61.6 Å². The second kappa shape index (κ2) is 4.32. The van der Waals surface area contributed by atoms with Crippen molar-refractivity contribution in [1.29, 1.82) is 0 Å². The minimum absolute atomic E-state index is 0.251. The fourth-order valence-corrected chi connectivity index (χ4v) is 0.164. The summed E-state index contributed by atoms with van der Waals surface area (Å²) in [5.41, 5.74) is 0. The Bertz CT molecular complexity index is 73.7. The monoisotopic (exact) mass is 121 g/mol. The van der Waals surface area contributed by atoms with Gasteiger partial charge < -0.3 is 0 Å². The highest BCUT2D eigenvalue weighted by Crippen LogP contribution is 1.80. The molecule has 0 aromatic carbocycles. The maximum absolute atomic E-state index is 9.33. The van der Waals surface area contributed by atoms with E-state index in [1.54, 1.807) is 0 Å². The molecule has 5 heteroatoms. The van der Waals surface area contributed by atoms with Crippen LogP contribution in [0.3, 0.4) is 0 Å². The Balaban J connectivity index is 2.82. The molecule has 0 aliphatic rings. The zero-order chi connectivity index (χ0) is 6.41. The van der Waals surface area contributed by atoms with E-state index < -0.39 is 5.09 Å². The van der Waals surface area contributed by atoms with Crippen LogP contribution >= 0.6 is 0 Å². The second-order valence-corrected chi connectivity index (χ2v) is 1.12. The van der Waals surface area contributed by atoms with Crippen molar-refractivity contribution in [2.45, 2.75) is 13.3 Å².